The quantitative estimate of drug-likeness (QED) is 0.389. The van der Waals surface area contributed by atoms with Crippen LogP contribution in [0.5, 0.6) is 0 Å². The largest absolute Gasteiger partial charge is 2.00 e. The second-order valence-electron chi connectivity index (χ2n) is 1.15. The molecule has 0 bridgehead atoms. The van der Waals surface area contributed by atoms with Crippen molar-refractivity contribution in [2.45, 2.75) is 27.7 Å². The summed E-state index contributed by atoms with van der Waals surface area (Å²) in [5.41, 5.74) is 0. The Balaban J connectivity index is -0.0000000160. The predicted octanol–water partition coefficient (Wildman–Crippen LogP) is 2.08. The maximum Gasteiger partial charge on any atom is 2.00 e. The van der Waals surface area contributed by atoms with Gasteiger partial charge in [0.15, 0.2) is 0 Å². The molecule has 0 aliphatic heterocycles. The second-order valence-corrected chi connectivity index (χ2v) is 1.15. The molecule has 0 heterocycles. The third-order valence-corrected chi connectivity index (χ3v) is 0. The fourth-order valence-corrected chi connectivity index (χ4v) is 0. The molecule has 2 heteroatoms. The zero-order chi connectivity index (χ0) is 5.41. The smallest absolute Gasteiger partial charge is 0.335 e. The fraction of sp³-hybridized carbons (Fsp3) is 0.667. The number of hydrogen-bond acceptors (Lipinski definition) is 0. The second kappa shape index (κ2) is 40.7. The van der Waals surface area contributed by atoms with Gasteiger partial charge in [-0.1, -0.05) is 0 Å². The first-order valence-corrected chi connectivity index (χ1v) is 2.31. The van der Waals surface area contributed by atoms with Gasteiger partial charge in [0.2, 0.25) is 0 Å². The third-order valence-electron chi connectivity index (χ3n) is 0. The summed E-state index contributed by atoms with van der Waals surface area (Å²) in [6.07, 6.45) is 4.00. The molecule has 0 unspecified atom stereocenters. The zero-order valence-electron chi connectivity index (χ0n) is 6.16. The summed E-state index contributed by atoms with van der Waals surface area (Å²) < 4.78 is 0. The van der Waals surface area contributed by atoms with Crippen molar-refractivity contribution in [3.63, 3.8) is 0 Å². The first-order valence-electron chi connectivity index (χ1n) is 2.31. The van der Waals surface area contributed by atoms with Crippen molar-refractivity contribution in [1.82, 2.24) is 0 Å². The van der Waals surface area contributed by atoms with Crippen LogP contribution in [0.4, 0.5) is 0 Å². The van der Waals surface area contributed by atoms with Crippen LogP contribution >= 0.6 is 0 Å². The minimum atomic E-state index is 0. The van der Waals surface area contributed by atoms with Gasteiger partial charge in [0.1, 0.15) is 0 Å². The Morgan fingerprint density at radius 3 is 0.750 bits per heavy atom. The molecule has 51 valence electrons. The molecule has 0 aromatic heterocycles. The van der Waals surface area contributed by atoms with Gasteiger partial charge >= 0.3 is 23.1 Å². The van der Waals surface area contributed by atoms with Crippen LogP contribution in [0.1, 0.15) is 27.7 Å². The van der Waals surface area contributed by atoms with Gasteiger partial charge in [0, 0.05) is 17.1 Å². The van der Waals surface area contributed by atoms with E-state index < -0.39 is 0 Å². The van der Waals surface area contributed by atoms with Gasteiger partial charge in [-0.2, -0.15) is 27.7 Å². The van der Waals surface area contributed by atoms with Crippen molar-refractivity contribution < 1.29 is 17.1 Å². The molecule has 1 radical (unpaired) electrons. The summed E-state index contributed by atoms with van der Waals surface area (Å²) in [6.45, 7) is 8.00. The van der Waals surface area contributed by atoms with Crippen molar-refractivity contribution >= 4 is 23.1 Å². The first-order chi connectivity index (χ1) is 2.83. The molecule has 0 spiro atoms. The molecular formula is C6H14CuMg. The average molecular weight is 174 g/mol. The van der Waals surface area contributed by atoms with Crippen LogP contribution in [-0.2, 0) is 17.1 Å². The standard InChI is InChI=1S/2C3H7.Cu.Mg/c2*1-3-2;;/h2*3H,1-2H3;;/q2*-1;;+2. The minimum Gasteiger partial charge on any atom is -0.335 e. The van der Waals surface area contributed by atoms with Crippen molar-refractivity contribution in [2.75, 3.05) is 0 Å². The number of hydrogen-bond donors (Lipinski definition) is 0. The summed E-state index contributed by atoms with van der Waals surface area (Å²) in [4.78, 5) is 0. The van der Waals surface area contributed by atoms with Gasteiger partial charge in [0.25, 0.3) is 0 Å². The van der Waals surface area contributed by atoms with Gasteiger partial charge in [-0.05, 0) is 0 Å². The van der Waals surface area contributed by atoms with Gasteiger partial charge in [-0.15, -0.1) is 0 Å². The first kappa shape index (κ1) is 22.8. The van der Waals surface area contributed by atoms with E-state index in [1.807, 2.05) is 40.5 Å². The van der Waals surface area contributed by atoms with Crippen LogP contribution in [0.15, 0.2) is 0 Å². The third kappa shape index (κ3) is 174. The summed E-state index contributed by atoms with van der Waals surface area (Å²) >= 11 is 0. The molecule has 0 amide bonds. The summed E-state index contributed by atoms with van der Waals surface area (Å²) in [5.74, 6) is 0. The minimum absolute atomic E-state index is 0. The Morgan fingerprint density at radius 2 is 0.750 bits per heavy atom. The van der Waals surface area contributed by atoms with Crippen LogP contribution in [-0.4, -0.2) is 23.1 Å². The van der Waals surface area contributed by atoms with E-state index in [9.17, 15) is 0 Å². The monoisotopic (exact) mass is 173 g/mol. The maximum absolute atomic E-state index is 2.00. The van der Waals surface area contributed by atoms with Crippen molar-refractivity contribution in [1.29, 1.82) is 0 Å². The van der Waals surface area contributed by atoms with E-state index in [0.29, 0.717) is 0 Å². The molecular weight excluding hydrogens is 160 g/mol. The number of rotatable bonds is 0. The predicted molar refractivity (Wildman–Crippen MR) is 37.0 cm³/mol. The topological polar surface area (TPSA) is 0 Å². The molecule has 0 aromatic carbocycles. The van der Waals surface area contributed by atoms with Crippen LogP contribution in [0.25, 0.3) is 0 Å². The average Bonchev–Trinajstić information content (AvgIpc) is 1.39. The molecule has 0 saturated heterocycles. The normalized spacial score (nSPS) is 4.50. The zero-order valence-corrected chi connectivity index (χ0v) is 8.52. The summed E-state index contributed by atoms with van der Waals surface area (Å²) in [5, 5.41) is 0. The Labute approximate surface area is 80.4 Å². The Morgan fingerprint density at radius 1 is 0.750 bits per heavy atom. The van der Waals surface area contributed by atoms with Crippen molar-refractivity contribution in [3.8, 4) is 0 Å². The molecule has 8 heavy (non-hydrogen) atoms. The van der Waals surface area contributed by atoms with Crippen molar-refractivity contribution in [3.05, 3.63) is 12.8 Å². The maximum atomic E-state index is 2.00. The van der Waals surface area contributed by atoms with E-state index >= 15 is 0 Å². The molecule has 0 atom stereocenters. The van der Waals surface area contributed by atoms with Gasteiger partial charge in [0.05, 0.1) is 0 Å². The molecule has 0 rings (SSSR count). The molecule has 0 fully saturated rings. The molecule has 0 saturated carbocycles. The summed E-state index contributed by atoms with van der Waals surface area (Å²) in [7, 11) is 0. The Hall–Kier alpha value is 1.29. The van der Waals surface area contributed by atoms with E-state index in [-0.39, 0.29) is 40.1 Å². The van der Waals surface area contributed by atoms with Crippen molar-refractivity contribution in [2.24, 2.45) is 0 Å². The van der Waals surface area contributed by atoms with E-state index in [2.05, 4.69) is 0 Å². The fourth-order valence-electron chi connectivity index (χ4n) is 0. The Bertz CT molecular complexity index is 10.5. The SMILES string of the molecule is C[CH-]C.C[CH-]C.[Cu].[Mg+2]. The van der Waals surface area contributed by atoms with E-state index in [1.54, 1.807) is 0 Å². The van der Waals surface area contributed by atoms with Gasteiger partial charge in [-0.3, -0.25) is 0 Å². The van der Waals surface area contributed by atoms with Crippen LogP contribution in [0, 0.1) is 12.8 Å². The van der Waals surface area contributed by atoms with Crippen LogP contribution in [0.3, 0.4) is 0 Å². The van der Waals surface area contributed by atoms with Crippen LogP contribution in [0.2, 0.25) is 0 Å². The molecule has 0 aliphatic rings. The van der Waals surface area contributed by atoms with Gasteiger partial charge < -0.3 is 12.8 Å². The van der Waals surface area contributed by atoms with E-state index in [1.165, 1.54) is 0 Å². The van der Waals surface area contributed by atoms with E-state index in [4.69, 9.17) is 0 Å². The van der Waals surface area contributed by atoms with E-state index in [0.717, 1.165) is 0 Å². The molecule has 0 nitrogen and oxygen atoms in total. The molecule has 0 aromatic rings. The Kier molecular flexibility index (Phi) is 116. The molecule has 0 aliphatic carbocycles. The summed E-state index contributed by atoms with van der Waals surface area (Å²) in [6, 6.07) is 0. The van der Waals surface area contributed by atoms with Crippen LogP contribution < -0.4 is 0 Å². The van der Waals surface area contributed by atoms with Gasteiger partial charge in [-0.25, -0.2) is 0 Å². The molecule has 0 N–H and O–H groups in total.